The summed E-state index contributed by atoms with van der Waals surface area (Å²) in [6.45, 7) is 11.7. The molecule has 0 aromatic heterocycles. The van der Waals surface area contributed by atoms with Crippen LogP contribution in [0.5, 0.6) is 0 Å². The second-order valence-electron chi connectivity index (χ2n) is 4.75. The molecule has 0 amide bonds. The molecule has 0 heterocycles. The minimum atomic E-state index is -0.622. The Morgan fingerprint density at radius 1 is 1.12 bits per heavy atom. The average molecular weight is 234 g/mol. The highest BCUT2D eigenvalue weighted by Gasteiger charge is 2.24. The zero-order valence-corrected chi connectivity index (χ0v) is 11.1. The molecule has 0 aliphatic carbocycles. The molecule has 0 fully saturated rings. The van der Waals surface area contributed by atoms with Gasteiger partial charge in [0.1, 0.15) is 6.10 Å². The van der Waals surface area contributed by atoms with Crippen molar-refractivity contribution < 1.29 is 9.47 Å². The molecule has 0 saturated heterocycles. The van der Waals surface area contributed by atoms with Gasteiger partial charge in [-0.15, -0.1) is 6.58 Å². The summed E-state index contributed by atoms with van der Waals surface area (Å²) in [7, 11) is 0. The maximum absolute atomic E-state index is 5.94. The largest absolute Gasteiger partial charge is 0.348 e. The summed E-state index contributed by atoms with van der Waals surface area (Å²) in [4.78, 5) is 0. The van der Waals surface area contributed by atoms with Crippen LogP contribution in [-0.2, 0) is 9.47 Å². The van der Waals surface area contributed by atoms with E-state index in [4.69, 9.17) is 9.47 Å². The smallest absolute Gasteiger partial charge is 0.164 e. The van der Waals surface area contributed by atoms with E-state index in [0.717, 1.165) is 5.56 Å². The molecule has 1 aromatic rings. The maximum atomic E-state index is 5.94. The molecule has 0 bridgehead atoms. The Kier molecular flexibility index (Phi) is 4.91. The highest BCUT2D eigenvalue weighted by molar-refractivity contribution is 5.20. The van der Waals surface area contributed by atoms with Crippen molar-refractivity contribution in [3.8, 4) is 0 Å². The van der Waals surface area contributed by atoms with Crippen LogP contribution in [-0.4, -0.2) is 11.9 Å². The Bertz CT molecular complexity index is 341. The zero-order chi connectivity index (χ0) is 12.9. The summed E-state index contributed by atoms with van der Waals surface area (Å²) in [5, 5.41) is 0. The van der Waals surface area contributed by atoms with Gasteiger partial charge in [0.25, 0.3) is 0 Å². The first-order valence-electron chi connectivity index (χ1n) is 5.98. The summed E-state index contributed by atoms with van der Waals surface area (Å²) < 4.78 is 11.7. The molecular weight excluding hydrogens is 212 g/mol. The van der Waals surface area contributed by atoms with Crippen molar-refractivity contribution in [2.75, 3.05) is 0 Å². The van der Waals surface area contributed by atoms with E-state index in [2.05, 4.69) is 6.58 Å². The fourth-order valence-corrected chi connectivity index (χ4v) is 1.80. The van der Waals surface area contributed by atoms with Crippen molar-refractivity contribution in [1.82, 2.24) is 0 Å². The highest BCUT2D eigenvalue weighted by atomic mass is 16.7. The van der Waals surface area contributed by atoms with Crippen LogP contribution in [0, 0.1) is 0 Å². The third-order valence-corrected chi connectivity index (χ3v) is 2.27. The molecule has 94 valence electrons. The predicted octanol–water partition coefficient (Wildman–Crippen LogP) is 4.09. The van der Waals surface area contributed by atoms with Crippen molar-refractivity contribution in [1.29, 1.82) is 0 Å². The quantitative estimate of drug-likeness (QED) is 0.545. The van der Waals surface area contributed by atoms with Crippen molar-refractivity contribution in [3.63, 3.8) is 0 Å². The summed E-state index contributed by atoms with van der Waals surface area (Å²) >= 11 is 0. The molecule has 1 rings (SSSR count). The molecule has 1 aromatic carbocycles. The second-order valence-corrected chi connectivity index (χ2v) is 4.75. The highest BCUT2D eigenvalue weighted by Crippen LogP contribution is 2.26. The van der Waals surface area contributed by atoms with Crippen LogP contribution in [0.25, 0.3) is 0 Å². The van der Waals surface area contributed by atoms with E-state index in [9.17, 15) is 0 Å². The zero-order valence-electron chi connectivity index (χ0n) is 11.1. The van der Waals surface area contributed by atoms with Crippen LogP contribution in [0.2, 0.25) is 0 Å². The van der Waals surface area contributed by atoms with E-state index in [0.29, 0.717) is 0 Å². The van der Waals surface area contributed by atoms with Crippen LogP contribution in [0.15, 0.2) is 43.0 Å². The summed E-state index contributed by atoms with van der Waals surface area (Å²) in [6.07, 6.45) is 1.78. The Balaban J connectivity index is 2.74. The molecule has 0 N–H and O–H groups in total. The molecule has 0 saturated carbocycles. The van der Waals surface area contributed by atoms with Crippen LogP contribution >= 0.6 is 0 Å². The molecule has 2 nitrogen and oxygen atoms in total. The van der Waals surface area contributed by atoms with Crippen molar-refractivity contribution in [2.45, 2.75) is 45.7 Å². The van der Waals surface area contributed by atoms with Gasteiger partial charge in [-0.25, -0.2) is 0 Å². The Hall–Kier alpha value is -1.12. The van der Waals surface area contributed by atoms with Crippen LogP contribution in [0.3, 0.4) is 0 Å². The molecule has 0 radical (unpaired) electrons. The van der Waals surface area contributed by atoms with Gasteiger partial charge >= 0.3 is 0 Å². The van der Waals surface area contributed by atoms with Crippen molar-refractivity contribution >= 4 is 0 Å². The lowest BCUT2D eigenvalue weighted by molar-refractivity contribution is -0.246. The fourth-order valence-electron chi connectivity index (χ4n) is 1.80. The van der Waals surface area contributed by atoms with E-state index in [1.54, 1.807) is 6.08 Å². The number of rotatable bonds is 6. The predicted molar refractivity (Wildman–Crippen MR) is 70.8 cm³/mol. The topological polar surface area (TPSA) is 18.5 Å². The summed E-state index contributed by atoms with van der Waals surface area (Å²) in [6, 6.07) is 10.0. The van der Waals surface area contributed by atoms with E-state index < -0.39 is 5.79 Å². The van der Waals surface area contributed by atoms with Gasteiger partial charge in [0.05, 0.1) is 6.10 Å². The SMILES string of the molecule is C=CC(OC(C)(C)OC(C)C)c1ccccc1. The summed E-state index contributed by atoms with van der Waals surface area (Å²) in [5.41, 5.74) is 1.09. The lowest BCUT2D eigenvalue weighted by atomic mass is 10.1. The molecule has 0 aliphatic heterocycles. The normalized spacial score (nSPS) is 13.7. The number of hydrogen-bond donors (Lipinski definition) is 0. The Morgan fingerprint density at radius 3 is 2.18 bits per heavy atom. The van der Waals surface area contributed by atoms with Crippen LogP contribution in [0.4, 0.5) is 0 Å². The monoisotopic (exact) mass is 234 g/mol. The van der Waals surface area contributed by atoms with Gasteiger partial charge in [0.2, 0.25) is 0 Å². The fraction of sp³-hybridized carbons (Fsp3) is 0.467. The van der Waals surface area contributed by atoms with Gasteiger partial charge in [0.15, 0.2) is 5.79 Å². The lowest BCUT2D eigenvalue weighted by Crippen LogP contribution is -2.32. The third-order valence-electron chi connectivity index (χ3n) is 2.27. The molecule has 2 heteroatoms. The number of ether oxygens (including phenoxy) is 2. The first-order chi connectivity index (χ1) is 7.94. The average Bonchev–Trinajstić information content (AvgIpc) is 2.25. The van der Waals surface area contributed by atoms with Gasteiger partial charge in [-0.1, -0.05) is 36.4 Å². The number of benzene rings is 1. The van der Waals surface area contributed by atoms with Crippen molar-refractivity contribution in [3.05, 3.63) is 48.6 Å². The van der Waals surface area contributed by atoms with E-state index in [1.807, 2.05) is 58.0 Å². The first-order valence-corrected chi connectivity index (χ1v) is 5.98. The molecular formula is C15H22O2. The van der Waals surface area contributed by atoms with Gasteiger partial charge < -0.3 is 9.47 Å². The van der Waals surface area contributed by atoms with E-state index >= 15 is 0 Å². The summed E-state index contributed by atoms with van der Waals surface area (Å²) in [5.74, 6) is -0.622. The van der Waals surface area contributed by atoms with Gasteiger partial charge in [-0.05, 0) is 33.3 Å². The Labute approximate surface area is 104 Å². The minimum Gasteiger partial charge on any atom is -0.348 e. The van der Waals surface area contributed by atoms with Gasteiger partial charge in [-0.2, -0.15) is 0 Å². The standard InChI is InChI=1S/C15H22O2/c1-6-14(13-10-8-7-9-11-13)17-15(4,5)16-12(2)3/h6-12,14H,1H2,2-5H3. The van der Waals surface area contributed by atoms with Crippen LogP contribution in [0.1, 0.15) is 39.4 Å². The lowest BCUT2D eigenvalue weighted by Gasteiger charge is -2.31. The first kappa shape index (κ1) is 13.9. The molecule has 1 unspecified atom stereocenters. The minimum absolute atomic E-state index is 0.131. The van der Waals surface area contributed by atoms with E-state index in [-0.39, 0.29) is 12.2 Å². The Morgan fingerprint density at radius 2 is 1.71 bits per heavy atom. The third kappa shape index (κ3) is 4.72. The maximum Gasteiger partial charge on any atom is 0.164 e. The van der Waals surface area contributed by atoms with E-state index in [1.165, 1.54) is 0 Å². The van der Waals surface area contributed by atoms with Crippen molar-refractivity contribution in [2.24, 2.45) is 0 Å². The van der Waals surface area contributed by atoms with Crippen LogP contribution < -0.4 is 0 Å². The molecule has 0 aliphatic rings. The molecule has 0 spiro atoms. The van der Waals surface area contributed by atoms with Gasteiger partial charge in [0, 0.05) is 0 Å². The number of hydrogen-bond acceptors (Lipinski definition) is 2. The molecule has 1 atom stereocenters. The molecule has 17 heavy (non-hydrogen) atoms. The second kappa shape index (κ2) is 5.99. The van der Waals surface area contributed by atoms with Gasteiger partial charge in [-0.3, -0.25) is 0 Å².